The second-order valence-corrected chi connectivity index (χ2v) is 11.7. The zero-order chi connectivity index (χ0) is 27.9. The number of anilines is 1. The largest absolute Gasteiger partial charge is 0.388 e. The van der Waals surface area contributed by atoms with Crippen molar-refractivity contribution in [2.24, 2.45) is 17.8 Å². The van der Waals surface area contributed by atoms with Crippen molar-refractivity contribution in [2.75, 3.05) is 31.1 Å². The molecule has 0 saturated carbocycles. The topological polar surface area (TPSA) is 103 Å². The number of hydrogen-bond acceptors (Lipinski definition) is 7. The summed E-state index contributed by atoms with van der Waals surface area (Å²) in [4.78, 5) is 23.1. The molecule has 2 aromatic carbocycles. The van der Waals surface area contributed by atoms with Crippen molar-refractivity contribution in [3.8, 4) is 11.3 Å². The number of nitrogens with two attached hydrogens (primary N) is 1. The third-order valence-electron chi connectivity index (χ3n) is 8.36. The number of carbonyl (C=O) groups is 1. The number of halogens is 1. The van der Waals surface area contributed by atoms with Gasteiger partial charge in [-0.2, -0.15) is 5.10 Å². The monoisotopic (exact) mass is 561 g/mol. The molecule has 1 aromatic heterocycles. The molecule has 0 unspecified atom stereocenters. The molecule has 1 amide bonds. The molecular formula is C30H36ClN7O2. The third-order valence-corrected chi connectivity index (χ3v) is 8.71. The first-order valence-corrected chi connectivity index (χ1v) is 14.4. The quantitative estimate of drug-likeness (QED) is 0.454. The summed E-state index contributed by atoms with van der Waals surface area (Å²) in [6, 6.07) is 14.1. The van der Waals surface area contributed by atoms with Crippen molar-refractivity contribution in [3.05, 3.63) is 64.3 Å². The lowest BCUT2D eigenvalue weighted by molar-refractivity contribution is -0.117. The van der Waals surface area contributed by atoms with E-state index >= 15 is 0 Å². The molecule has 2 saturated heterocycles. The van der Waals surface area contributed by atoms with Crippen LogP contribution in [-0.2, 0) is 31.5 Å². The molecule has 3 aliphatic heterocycles. The Labute approximate surface area is 239 Å². The lowest BCUT2D eigenvalue weighted by Crippen LogP contribution is -2.50. The SMILES string of the molecule is Cn1nc2c(c1-c1ccc(CN)cc1)N=CN(CC1(O)CCN(Cc3ccc(N4CCCC4=O)cc3Cl)CC1)C2. The number of benzene rings is 2. The van der Waals surface area contributed by atoms with Crippen molar-refractivity contribution in [1.29, 1.82) is 0 Å². The second kappa shape index (κ2) is 11.0. The maximum absolute atomic E-state index is 12.1. The summed E-state index contributed by atoms with van der Waals surface area (Å²) in [6.45, 7) is 4.68. The summed E-state index contributed by atoms with van der Waals surface area (Å²) in [5.41, 5.74) is 11.8. The smallest absolute Gasteiger partial charge is 0.227 e. The molecule has 3 aliphatic rings. The Morgan fingerprint density at radius 1 is 1.10 bits per heavy atom. The van der Waals surface area contributed by atoms with Crippen molar-refractivity contribution < 1.29 is 9.90 Å². The van der Waals surface area contributed by atoms with Crippen LogP contribution in [0.4, 0.5) is 11.4 Å². The van der Waals surface area contributed by atoms with Crippen molar-refractivity contribution in [2.45, 2.75) is 50.9 Å². The summed E-state index contributed by atoms with van der Waals surface area (Å²) < 4.78 is 1.89. The van der Waals surface area contributed by atoms with Crippen LogP contribution in [-0.4, -0.2) is 68.7 Å². The molecule has 9 nitrogen and oxygen atoms in total. The van der Waals surface area contributed by atoms with Gasteiger partial charge in [0.1, 0.15) is 11.4 Å². The summed E-state index contributed by atoms with van der Waals surface area (Å²) >= 11 is 6.62. The molecule has 0 spiro atoms. The van der Waals surface area contributed by atoms with E-state index in [2.05, 4.69) is 21.9 Å². The highest BCUT2D eigenvalue weighted by Crippen LogP contribution is 2.36. The van der Waals surface area contributed by atoms with Crippen LogP contribution in [0.25, 0.3) is 11.3 Å². The maximum atomic E-state index is 12.1. The van der Waals surface area contributed by atoms with Gasteiger partial charge >= 0.3 is 0 Å². The number of amides is 1. The Morgan fingerprint density at radius 3 is 2.55 bits per heavy atom. The number of β-amino-alcohol motifs (C(OH)–C–C–N with tert-alkyl or cyclic N) is 1. The molecule has 4 heterocycles. The normalized spacial score (nSPS) is 18.9. The molecule has 40 heavy (non-hydrogen) atoms. The van der Waals surface area contributed by atoms with E-state index < -0.39 is 5.60 Å². The Morgan fingerprint density at radius 2 is 1.88 bits per heavy atom. The van der Waals surface area contributed by atoms with Gasteiger partial charge < -0.3 is 20.6 Å². The van der Waals surface area contributed by atoms with E-state index in [0.717, 1.165) is 72.1 Å². The van der Waals surface area contributed by atoms with Crippen molar-refractivity contribution in [3.63, 3.8) is 0 Å². The standard InChI is InChI=1S/C30H36ClN7O2/c1-35-29(22-6-4-21(16-32)5-7-22)28-26(34-35)18-37(20-33-28)19-30(40)10-13-36(14-11-30)17-23-8-9-24(15-25(23)31)38-12-2-3-27(38)39/h4-9,15,20,40H,2-3,10-14,16-19,32H2,1H3. The van der Waals surface area contributed by atoms with E-state index in [9.17, 15) is 9.90 Å². The molecule has 2 fully saturated rings. The van der Waals surface area contributed by atoms with E-state index in [1.165, 1.54) is 0 Å². The van der Waals surface area contributed by atoms with Crippen LogP contribution in [0.3, 0.4) is 0 Å². The number of rotatable bonds is 7. The van der Waals surface area contributed by atoms with Gasteiger partial charge in [0, 0.05) is 69.0 Å². The number of aliphatic imine (C=N–C) groups is 1. The minimum atomic E-state index is -0.792. The Hall–Kier alpha value is -3.24. The van der Waals surface area contributed by atoms with Gasteiger partial charge in [-0.05, 0) is 42.5 Å². The number of fused-ring (bicyclic) bond motifs is 1. The predicted molar refractivity (Wildman–Crippen MR) is 158 cm³/mol. The van der Waals surface area contributed by atoms with Crippen LogP contribution in [0.1, 0.15) is 42.5 Å². The van der Waals surface area contributed by atoms with E-state index in [0.29, 0.717) is 43.9 Å². The van der Waals surface area contributed by atoms with Crippen LogP contribution in [0.2, 0.25) is 5.02 Å². The summed E-state index contributed by atoms with van der Waals surface area (Å²) in [7, 11) is 1.94. The average Bonchev–Trinajstić information content (AvgIpc) is 3.52. The number of aliphatic hydroxyl groups is 1. The lowest BCUT2D eigenvalue weighted by atomic mass is 9.90. The number of piperidine rings is 1. The molecule has 0 aliphatic carbocycles. The zero-order valence-corrected chi connectivity index (χ0v) is 23.6. The molecule has 0 bridgehead atoms. The molecule has 0 atom stereocenters. The van der Waals surface area contributed by atoms with Crippen LogP contribution < -0.4 is 10.6 Å². The number of nitrogens with zero attached hydrogens (tertiary/aromatic N) is 6. The average molecular weight is 562 g/mol. The van der Waals surface area contributed by atoms with Gasteiger partial charge in [0.2, 0.25) is 5.91 Å². The van der Waals surface area contributed by atoms with E-state index in [1.807, 2.05) is 53.3 Å². The van der Waals surface area contributed by atoms with Gasteiger partial charge in [0.05, 0.1) is 24.2 Å². The summed E-state index contributed by atoms with van der Waals surface area (Å²) in [5, 5.41) is 16.9. The minimum absolute atomic E-state index is 0.162. The number of aryl methyl sites for hydroxylation is 1. The number of likely N-dealkylation sites (tertiary alicyclic amines) is 1. The maximum Gasteiger partial charge on any atom is 0.227 e. The Kier molecular flexibility index (Phi) is 7.39. The van der Waals surface area contributed by atoms with E-state index in [-0.39, 0.29) is 5.91 Å². The van der Waals surface area contributed by atoms with Gasteiger partial charge in [-0.15, -0.1) is 0 Å². The molecule has 6 rings (SSSR count). The molecule has 3 N–H and O–H groups in total. The van der Waals surface area contributed by atoms with E-state index in [1.54, 1.807) is 0 Å². The first-order valence-electron chi connectivity index (χ1n) is 14.0. The Bertz CT molecular complexity index is 1430. The first kappa shape index (κ1) is 27.0. The number of carbonyl (C=O) groups excluding carboxylic acids is 1. The van der Waals surface area contributed by atoms with Crippen LogP contribution in [0.5, 0.6) is 0 Å². The Balaban J connectivity index is 1.06. The minimum Gasteiger partial charge on any atom is -0.388 e. The second-order valence-electron chi connectivity index (χ2n) is 11.2. The van der Waals surface area contributed by atoms with Crippen LogP contribution in [0.15, 0.2) is 47.5 Å². The van der Waals surface area contributed by atoms with Gasteiger partial charge in [-0.1, -0.05) is 41.9 Å². The third kappa shape index (κ3) is 5.39. The molecule has 210 valence electrons. The highest BCUT2D eigenvalue weighted by atomic mass is 35.5. The zero-order valence-electron chi connectivity index (χ0n) is 22.9. The molecule has 3 aromatic rings. The van der Waals surface area contributed by atoms with Gasteiger partial charge in [-0.3, -0.25) is 14.4 Å². The lowest BCUT2D eigenvalue weighted by Gasteiger charge is -2.41. The molecule has 10 heteroatoms. The van der Waals surface area contributed by atoms with E-state index in [4.69, 9.17) is 27.4 Å². The fraction of sp³-hybridized carbons (Fsp3) is 0.433. The number of hydrogen-bond donors (Lipinski definition) is 2. The van der Waals surface area contributed by atoms with Gasteiger partial charge in [0.15, 0.2) is 0 Å². The fourth-order valence-electron chi connectivity index (χ4n) is 6.06. The molecule has 0 radical (unpaired) electrons. The highest BCUT2D eigenvalue weighted by molar-refractivity contribution is 6.31. The molecular weight excluding hydrogens is 526 g/mol. The number of aromatic nitrogens is 2. The van der Waals surface area contributed by atoms with Crippen molar-refractivity contribution in [1.82, 2.24) is 19.6 Å². The van der Waals surface area contributed by atoms with Crippen LogP contribution in [0, 0.1) is 0 Å². The van der Waals surface area contributed by atoms with Gasteiger partial charge in [-0.25, -0.2) is 4.99 Å². The first-order chi connectivity index (χ1) is 19.3. The summed E-state index contributed by atoms with van der Waals surface area (Å²) in [5.74, 6) is 0.162. The van der Waals surface area contributed by atoms with Crippen molar-refractivity contribution >= 4 is 35.2 Å². The predicted octanol–water partition coefficient (Wildman–Crippen LogP) is 3.83. The van der Waals surface area contributed by atoms with Crippen LogP contribution >= 0.6 is 11.6 Å². The highest BCUT2D eigenvalue weighted by Gasteiger charge is 2.35. The summed E-state index contributed by atoms with van der Waals surface area (Å²) in [6.07, 6.45) is 4.68. The fourth-order valence-corrected chi connectivity index (χ4v) is 6.29. The van der Waals surface area contributed by atoms with Gasteiger partial charge in [0.25, 0.3) is 0 Å².